The lowest BCUT2D eigenvalue weighted by atomic mass is 9.61. The van der Waals surface area contributed by atoms with E-state index in [1.54, 1.807) is 0 Å². The van der Waals surface area contributed by atoms with E-state index in [4.69, 9.17) is 4.74 Å². The summed E-state index contributed by atoms with van der Waals surface area (Å²) in [4.78, 5) is 0. The number of ether oxygens (including phenoxy) is 1. The Balaban J connectivity index is 2.53. The molecule has 1 saturated heterocycles. The zero-order valence-electron chi connectivity index (χ0n) is 9.46. The van der Waals surface area contributed by atoms with Gasteiger partial charge in [0.05, 0.1) is 30.1 Å². The fraction of sp³-hybridized carbons (Fsp3) is 0.462. The lowest BCUT2D eigenvalue weighted by Crippen LogP contribution is -2.56. The van der Waals surface area contributed by atoms with Crippen molar-refractivity contribution in [1.82, 2.24) is 0 Å². The number of hydrogen-bond donors (Lipinski definition) is 0. The quantitative estimate of drug-likeness (QED) is 0.833. The molecule has 0 bridgehead atoms. The van der Waals surface area contributed by atoms with E-state index < -0.39 is 5.41 Å². The first kappa shape index (κ1) is 11.6. The smallest absolute Gasteiger partial charge is 0.0695 e. The third kappa shape index (κ3) is 1.49. The van der Waals surface area contributed by atoms with Gasteiger partial charge in [-0.1, -0.05) is 34.1 Å². The average Bonchev–Trinajstić information content (AvgIpc) is 2.19. The fourth-order valence-corrected chi connectivity index (χ4v) is 2.78. The third-order valence-electron chi connectivity index (χ3n) is 3.56. The Bertz CT molecular complexity index is 443. The summed E-state index contributed by atoms with van der Waals surface area (Å²) >= 11 is 3.56. The van der Waals surface area contributed by atoms with Gasteiger partial charge in [0.2, 0.25) is 0 Å². The van der Waals surface area contributed by atoms with E-state index in [2.05, 4.69) is 28.1 Å². The number of hydrogen-bond acceptors (Lipinski definition) is 2. The van der Waals surface area contributed by atoms with E-state index in [1.807, 2.05) is 32.0 Å². The van der Waals surface area contributed by atoms with Crippen LogP contribution in [0.1, 0.15) is 19.4 Å². The second-order valence-electron chi connectivity index (χ2n) is 4.79. The summed E-state index contributed by atoms with van der Waals surface area (Å²) in [6.07, 6.45) is 0. The fourth-order valence-electron chi connectivity index (χ4n) is 2.12. The van der Waals surface area contributed by atoms with Crippen LogP contribution in [0.15, 0.2) is 28.7 Å². The van der Waals surface area contributed by atoms with Crippen molar-refractivity contribution in [2.45, 2.75) is 19.3 Å². The molecule has 3 heteroatoms. The van der Waals surface area contributed by atoms with Gasteiger partial charge in [0.1, 0.15) is 0 Å². The molecule has 1 aliphatic heterocycles. The molecule has 2 rings (SSSR count). The molecule has 1 aliphatic rings. The second-order valence-corrected chi connectivity index (χ2v) is 5.65. The van der Waals surface area contributed by atoms with Gasteiger partial charge in [-0.2, -0.15) is 5.26 Å². The molecule has 0 spiro atoms. The minimum absolute atomic E-state index is 0.179. The van der Waals surface area contributed by atoms with Crippen LogP contribution in [0.5, 0.6) is 0 Å². The molecule has 0 aliphatic carbocycles. The van der Waals surface area contributed by atoms with Gasteiger partial charge in [0.15, 0.2) is 0 Å². The Morgan fingerprint density at radius 3 is 2.44 bits per heavy atom. The number of nitriles is 1. The molecule has 0 amide bonds. The highest BCUT2D eigenvalue weighted by Crippen LogP contribution is 2.48. The summed E-state index contributed by atoms with van der Waals surface area (Å²) < 4.78 is 6.42. The minimum atomic E-state index is -0.422. The monoisotopic (exact) mass is 279 g/mol. The lowest BCUT2D eigenvalue weighted by molar-refractivity contribution is -0.103. The van der Waals surface area contributed by atoms with Crippen LogP contribution in [0.2, 0.25) is 0 Å². The van der Waals surface area contributed by atoms with Crippen LogP contribution in [0.25, 0.3) is 0 Å². The number of rotatable bonds is 2. The molecule has 0 saturated carbocycles. The van der Waals surface area contributed by atoms with Crippen LogP contribution in [0.4, 0.5) is 0 Å². The highest BCUT2D eigenvalue weighted by molar-refractivity contribution is 9.10. The lowest BCUT2D eigenvalue weighted by Gasteiger charge is -2.49. The van der Waals surface area contributed by atoms with Gasteiger partial charge < -0.3 is 4.74 Å². The Morgan fingerprint density at radius 1 is 1.38 bits per heavy atom. The van der Waals surface area contributed by atoms with Crippen LogP contribution in [0, 0.1) is 16.7 Å². The summed E-state index contributed by atoms with van der Waals surface area (Å²) in [6.45, 7) is 5.20. The molecule has 0 radical (unpaired) electrons. The van der Waals surface area contributed by atoms with Gasteiger partial charge in [-0.05, 0) is 25.5 Å². The summed E-state index contributed by atoms with van der Waals surface area (Å²) in [5.41, 5.74) is 0.574. The molecule has 0 N–H and O–H groups in total. The average molecular weight is 280 g/mol. The van der Waals surface area contributed by atoms with E-state index in [-0.39, 0.29) is 5.41 Å². The number of nitrogens with zero attached hydrogens (tertiary/aromatic N) is 1. The predicted molar refractivity (Wildman–Crippen MR) is 66.0 cm³/mol. The van der Waals surface area contributed by atoms with Crippen LogP contribution >= 0.6 is 15.9 Å². The van der Waals surface area contributed by atoms with Gasteiger partial charge in [0.25, 0.3) is 0 Å². The molecule has 1 heterocycles. The van der Waals surface area contributed by atoms with Gasteiger partial charge >= 0.3 is 0 Å². The van der Waals surface area contributed by atoms with Crippen molar-refractivity contribution in [1.29, 1.82) is 5.26 Å². The molecule has 2 nitrogen and oxygen atoms in total. The third-order valence-corrected chi connectivity index (χ3v) is 4.25. The van der Waals surface area contributed by atoms with Crippen molar-refractivity contribution in [3.8, 4) is 6.07 Å². The topological polar surface area (TPSA) is 33.0 Å². The largest absolute Gasteiger partial charge is 0.379 e. The maximum atomic E-state index is 9.33. The zero-order valence-corrected chi connectivity index (χ0v) is 11.0. The van der Waals surface area contributed by atoms with Gasteiger partial charge in [-0.3, -0.25) is 0 Å². The highest BCUT2D eigenvalue weighted by Gasteiger charge is 2.53. The first-order chi connectivity index (χ1) is 7.53. The van der Waals surface area contributed by atoms with Crippen LogP contribution < -0.4 is 0 Å². The van der Waals surface area contributed by atoms with E-state index in [1.165, 1.54) is 5.56 Å². The predicted octanol–water partition coefficient (Wildman–Crippen LogP) is 3.27. The SMILES string of the molecule is CC(C)(C#N)C1(c2ccccc2Br)COC1. The van der Waals surface area contributed by atoms with Gasteiger partial charge in [-0.25, -0.2) is 0 Å². The van der Waals surface area contributed by atoms with E-state index >= 15 is 0 Å². The molecular weight excluding hydrogens is 266 g/mol. The molecule has 0 atom stereocenters. The maximum absolute atomic E-state index is 9.33. The molecule has 84 valence electrons. The highest BCUT2D eigenvalue weighted by atomic mass is 79.9. The van der Waals surface area contributed by atoms with Crippen molar-refractivity contribution < 1.29 is 4.74 Å². The normalized spacial score (nSPS) is 18.6. The Morgan fingerprint density at radius 2 is 2.00 bits per heavy atom. The van der Waals surface area contributed by atoms with Crippen LogP contribution in [-0.2, 0) is 10.2 Å². The van der Waals surface area contributed by atoms with Crippen molar-refractivity contribution >= 4 is 15.9 Å². The van der Waals surface area contributed by atoms with Gasteiger partial charge in [0, 0.05) is 4.47 Å². The summed E-state index contributed by atoms with van der Waals surface area (Å²) in [6, 6.07) is 10.5. The summed E-state index contributed by atoms with van der Waals surface area (Å²) in [5.74, 6) is 0. The molecule has 0 aromatic heterocycles. The standard InChI is InChI=1S/C13H14BrNO/c1-12(2,7-15)13(8-16-9-13)10-5-3-4-6-11(10)14/h3-6H,8-9H2,1-2H3. The van der Waals surface area contributed by atoms with Crippen molar-refractivity contribution in [2.75, 3.05) is 13.2 Å². The second kappa shape index (κ2) is 3.87. The first-order valence-corrected chi connectivity index (χ1v) is 6.07. The van der Waals surface area contributed by atoms with E-state index in [9.17, 15) is 5.26 Å². The Labute approximate surface area is 104 Å². The molecular formula is C13H14BrNO. The Hall–Kier alpha value is -0.850. The zero-order chi connectivity index (χ0) is 11.8. The number of halogens is 1. The molecule has 16 heavy (non-hydrogen) atoms. The molecule has 1 fully saturated rings. The van der Waals surface area contributed by atoms with E-state index in [0.29, 0.717) is 13.2 Å². The number of benzene rings is 1. The minimum Gasteiger partial charge on any atom is -0.379 e. The molecule has 1 aromatic rings. The van der Waals surface area contributed by atoms with Crippen LogP contribution in [0.3, 0.4) is 0 Å². The van der Waals surface area contributed by atoms with Crippen molar-refractivity contribution in [3.05, 3.63) is 34.3 Å². The van der Waals surface area contributed by atoms with Crippen molar-refractivity contribution in [2.24, 2.45) is 5.41 Å². The van der Waals surface area contributed by atoms with Gasteiger partial charge in [-0.15, -0.1) is 0 Å². The molecule has 0 unspecified atom stereocenters. The Kier molecular flexibility index (Phi) is 2.81. The summed E-state index contributed by atoms with van der Waals surface area (Å²) in [5, 5.41) is 9.33. The first-order valence-electron chi connectivity index (χ1n) is 5.27. The van der Waals surface area contributed by atoms with Crippen LogP contribution in [-0.4, -0.2) is 13.2 Å². The van der Waals surface area contributed by atoms with E-state index in [0.717, 1.165) is 4.47 Å². The molecule has 1 aromatic carbocycles. The van der Waals surface area contributed by atoms with Crippen molar-refractivity contribution in [3.63, 3.8) is 0 Å². The summed E-state index contributed by atoms with van der Waals surface area (Å²) in [7, 11) is 0. The maximum Gasteiger partial charge on any atom is 0.0695 e.